The summed E-state index contributed by atoms with van der Waals surface area (Å²) in [5.41, 5.74) is 5.98. The molecule has 1 fully saturated rings. The Kier molecular flexibility index (Phi) is 8.69. The third-order valence-corrected chi connectivity index (χ3v) is 6.90. The number of nitrogens with one attached hydrogen (secondary N) is 1. The van der Waals surface area contributed by atoms with Crippen molar-refractivity contribution in [2.75, 3.05) is 25.1 Å². The van der Waals surface area contributed by atoms with E-state index >= 15 is 0 Å². The van der Waals surface area contributed by atoms with Gasteiger partial charge < -0.3 is 10.1 Å². The van der Waals surface area contributed by atoms with Crippen LogP contribution in [0.2, 0.25) is 0 Å². The van der Waals surface area contributed by atoms with Crippen molar-refractivity contribution in [2.24, 2.45) is 4.99 Å². The molecule has 1 heterocycles. The zero-order valence-electron chi connectivity index (χ0n) is 20.1. The zero-order valence-corrected chi connectivity index (χ0v) is 20.9. The fourth-order valence-corrected chi connectivity index (χ4v) is 4.86. The van der Waals surface area contributed by atoms with Crippen LogP contribution in [-0.2, 0) is 14.3 Å². The molecule has 1 aliphatic heterocycles. The molecule has 2 aromatic carbocycles. The number of aryl methyl sites for hydroxylation is 4. The second-order valence-electron chi connectivity index (χ2n) is 8.33. The van der Waals surface area contributed by atoms with Gasteiger partial charge in [-0.05, 0) is 75.4 Å². The van der Waals surface area contributed by atoms with E-state index in [-0.39, 0.29) is 18.2 Å². The lowest BCUT2D eigenvalue weighted by atomic mass is 10.1. The van der Waals surface area contributed by atoms with Gasteiger partial charge in [-0.25, -0.2) is 4.99 Å². The highest BCUT2D eigenvalue weighted by Crippen LogP contribution is 2.33. The molecule has 0 saturated carbocycles. The summed E-state index contributed by atoms with van der Waals surface area (Å²) in [7, 11) is 0. The molecule has 176 valence electrons. The van der Waals surface area contributed by atoms with Crippen molar-refractivity contribution >= 4 is 40.1 Å². The second kappa shape index (κ2) is 11.5. The van der Waals surface area contributed by atoms with Gasteiger partial charge in [-0.3, -0.25) is 14.5 Å². The quantitative estimate of drug-likeness (QED) is 0.508. The lowest BCUT2D eigenvalue weighted by molar-refractivity contribution is -0.128. The molecule has 0 aliphatic carbocycles. The highest BCUT2D eigenvalue weighted by atomic mass is 32.2. The molecule has 7 heteroatoms. The molecule has 1 saturated heterocycles. The summed E-state index contributed by atoms with van der Waals surface area (Å²) >= 11 is 1.37. The standard InChI is InChI=1S/C26H33N3O3S/c1-6-32-14-8-13-29-25(31)22(16-23(30)28-24-18(3)9-7-10-19(24)4)33-26(29)27-21-12-11-17(2)20(5)15-21/h7,9-12,15,22H,6,8,13-14,16H2,1-5H3,(H,28,30). The minimum absolute atomic E-state index is 0.0734. The van der Waals surface area contributed by atoms with Crippen LogP contribution in [0.5, 0.6) is 0 Å². The van der Waals surface area contributed by atoms with E-state index in [9.17, 15) is 9.59 Å². The first-order chi connectivity index (χ1) is 15.8. The molecular formula is C26H33N3O3S. The van der Waals surface area contributed by atoms with Crippen LogP contribution >= 0.6 is 11.8 Å². The molecule has 0 bridgehead atoms. The molecule has 1 aliphatic rings. The largest absolute Gasteiger partial charge is 0.382 e. The van der Waals surface area contributed by atoms with Gasteiger partial charge in [-0.1, -0.05) is 36.0 Å². The third kappa shape index (κ3) is 6.45. The van der Waals surface area contributed by atoms with Crippen LogP contribution in [0.1, 0.15) is 42.0 Å². The number of amides is 2. The van der Waals surface area contributed by atoms with Crippen LogP contribution in [0.15, 0.2) is 41.4 Å². The van der Waals surface area contributed by atoms with E-state index in [0.717, 1.165) is 28.1 Å². The molecule has 6 nitrogen and oxygen atoms in total. The minimum Gasteiger partial charge on any atom is -0.382 e. The Hall–Kier alpha value is -2.64. The molecule has 2 amide bonds. The SMILES string of the molecule is CCOCCCN1C(=O)C(CC(=O)Nc2c(C)cccc2C)SC1=Nc1ccc(C)c(C)c1. The number of amidine groups is 1. The fraction of sp³-hybridized carbons (Fsp3) is 0.423. The Bertz CT molecular complexity index is 1030. The summed E-state index contributed by atoms with van der Waals surface area (Å²) in [6.07, 6.45) is 0.818. The predicted molar refractivity (Wildman–Crippen MR) is 136 cm³/mol. The number of nitrogens with zero attached hydrogens (tertiary/aromatic N) is 2. The molecule has 33 heavy (non-hydrogen) atoms. The highest BCUT2D eigenvalue weighted by Gasteiger charge is 2.39. The van der Waals surface area contributed by atoms with Gasteiger partial charge >= 0.3 is 0 Å². The zero-order chi connectivity index (χ0) is 24.0. The Morgan fingerprint density at radius 3 is 2.48 bits per heavy atom. The normalized spacial score (nSPS) is 17.1. The van der Waals surface area contributed by atoms with Gasteiger partial charge in [0.05, 0.1) is 5.69 Å². The average Bonchev–Trinajstić information content (AvgIpc) is 3.05. The number of hydrogen-bond donors (Lipinski definition) is 1. The number of aliphatic imine (C=N–C) groups is 1. The number of benzene rings is 2. The van der Waals surface area contributed by atoms with Crippen LogP contribution in [-0.4, -0.2) is 46.9 Å². The Balaban J connectivity index is 1.76. The maximum atomic E-state index is 13.2. The summed E-state index contributed by atoms with van der Waals surface area (Å²) in [6, 6.07) is 11.9. The van der Waals surface area contributed by atoms with Crippen molar-refractivity contribution in [3.05, 3.63) is 58.7 Å². The van der Waals surface area contributed by atoms with Gasteiger partial charge in [0.1, 0.15) is 5.25 Å². The second-order valence-corrected chi connectivity index (χ2v) is 9.50. The number of rotatable bonds is 9. The van der Waals surface area contributed by atoms with Crippen molar-refractivity contribution < 1.29 is 14.3 Å². The van der Waals surface area contributed by atoms with Gasteiger partial charge in [0.25, 0.3) is 0 Å². The monoisotopic (exact) mass is 467 g/mol. The number of carbonyl (C=O) groups excluding carboxylic acids is 2. The molecular weight excluding hydrogens is 434 g/mol. The first-order valence-electron chi connectivity index (χ1n) is 11.4. The number of para-hydroxylation sites is 1. The van der Waals surface area contributed by atoms with Gasteiger partial charge in [0, 0.05) is 31.9 Å². The molecule has 0 radical (unpaired) electrons. The number of ether oxygens (including phenoxy) is 1. The van der Waals surface area contributed by atoms with Gasteiger partial charge in [-0.15, -0.1) is 0 Å². The van der Waals surface area contributed by atoms with Gasteiger partial charge in [-0.2, -0.15) is 0 Å². The van der Waals surface area contributed by atoms with Crippen LogP contribution < -0.4 is 5.32 Å². The van der Waals surface area contributed by atoms with Crippen molar-refractivity contribution in [3.8, 4) is 0 Å². The molecule has 1 unspecified atom stereocenters. The third-order valence-electron chi connectivity index (χ3n) is 5.73. The Morgan fingerprint density at radius 2 is 1.82 bits per heavy atom. The minimum atomic E-state index is -0.494. The predicted octanol–water partition coefficient (Wildman–Crippen LogP) is 5.31. The van der Waals surface area contributed by atoms with E-state index < -0.39 is 5.25 Å². The first kappa shape index (κ1) is 25.0. The number of anilines is 1. The van der Waals surface area contributed by atoms with E-state index in [1.807, 2.05) is 64.1 Å². The fourth-order valence-electron chi connectivity index (χ4n) is 3.68. The molecule has 0 spiro atoms. The lowest BCUT2D eigenvalue weighted by Gasteiger charge is -2.16. The van der Waals surface area contributed by atoms with Crippen LogP contribution in [0, 0.1) is 27.7 Å². The van der Waals surface area contributed by atoms with E-state index in [2.05, 4.69) is 12.2 Å². The molecule has 0 aromatic heterocycles. The van der Waals surface area contributed by atoms with E-state index in [0.29, 0.717) is 31.3 Å². The van der Waals surface area contributed by atoms with Gasteiger partial charge in [0.15, 0.2) is 5.17 Å². The van der Waals surface area contributed by atoms with E-state index in [1.165, 1.54) is 17.3 Å². The van der Waals surface area contributed by atoms with Crippen LogP contribution in [0.3, 0.4) is 0 Å². The van der Waals surface area contributed by atoms with Crippen molar-refractivity contribution in [1.29, 1.82) is 0 Å². The lowest BCUT2D eigenvalue weighted by Crippen LogP contribution is -2.34. The number of carbonyl (C=O) groups is 2. The maximum absolute atomic E-state index is 13.2. The molecule has 2 aromatic rings. The van der Waals surface area contributed by atoms with E-state index in [4.69, 9.17) is 9.73 Å². The molecule has 3 rings (SSSR count). The summed E-state index contributed by atoms with van der Waals surface area (Å²) in [6.45, 7) is 11.7. The summed E-state index contributed by atoms with van der Waals surface area (Å²) < 4.78 is 5.44. The topological polar surface area (TPSA) is 71.0 Å². The van der Waals surface area contributed by atoms with Crippen molar-refractivity contribution in [2.45, 2.75) is 52.7 Å². The van der Waals surface area contributed by atoms with Crippen LogP contribution in [0.25, 0.3) is 0 Å². The summed E-state index contributed by atoms with van der Waals surface area (Å²) in [5, 5.41) is 3.15. The Morgan fingerprint density at radius 1 is 1.09 bits per heavy atom. The van der Waals surface area contributed by atoms with Crippen molar-refractivity contribution in [1.82, 2.24) is 4.90 Å². The summed E-state index contributed by atoms with van der Waals surface area (Å²) in [5.74, 6) is -0.240. The smallest absolute Gasteiger partial charge is 0.242 e. The number of thioether (sulfide) groups is 1. The first-order valence-corrected chi connectivity index (χ1v) is 12.3. The van der Waals surface area contributed by atoms with E-state index in [1.54, 1.807) is 4.90 Å². The van der Waals surface area contributed by atoms with Crippen LogP contribution in [0.4, 0.5) is 11.4 Å². The van der Waals surface area contributed by atoms with Gasteiger partial charge in [0.2, 0.25) is 11.8 Å². The average molecular weight is 468 g/mol. The summed E-state index contributed by atoms with van der Waals surface area (Å²) in [4.78, 5) is 32.5. The molecule has 1 atom stereocenters. The maximum Gasteiger partial charge on any atom is 0.242 e. The molecule has 1 N–H and O–H groups in total. The highest BCUT2D eigenvalue weighted by molar-refractivity contribution is 8.15. The van der Waals surface area contributed by atoms with Crippen molar-refractivity contribution in [3.63, 3.8) is 0 Å². The Labute approximate surface area is 200 Å². The number of hydrogen-bond acceptors (Lipinski definition) is 5.